The Balaban J connectivity index is 1.97. The minimum atomic E-state index is -0.603. The van der Waals surface area contributed by atoms with Crippen LogP contribution >= 0.6 is 0 Å². The first-order chi connectivity index (χ1) is 9.72. The molecule has 1 nitrogen and oxygen atoms in total. The van der Waals surface area contributed by atoms with E-state index in [0.717, 1.165) is 17.2 Å². The van der Waals surface area contributed by atoms with Crippen molar-refractivity contribution in [2.24, 2.45) is 0 Å². The molecule has 0 N–H and O–H groups in total. The lowest BCUT2D eigenvalue weighted by molar-refractivity contribution is 0.584. The van der Waals surface area contributed by atoms with E-state index in [-0.39, 0.29) is 0 Å². The molecule has 1 aromatic heterocycles. The van der Waals surface area contributed by atoms with E-state index < -0.39 is 11.6 Å². The van der Waals surface area contributed by atoms with Crippen molar-refractivity contribution in [2.75, 3.05) is 0 Å². The summed E-state index contributed by atoms with van der Waals surface area (Å²) in [6.07, 6.45) is 1.70. The van der Waals surface area contributed by atoms with Crippen LogP contribution in [0.4, 0.5) is 8.78 Å². The molecule has 1 heterocycles. The van der Waals surface area contributed by atoms with Gasteiger partial charge in [0.1, 0.15) is 11.6 Å². The minimum absolute atomic E-state index is 0.433. The average Bonchev–Trinajstić information content (AvgIpc) is 2.47. The van der Waals surface area contributed by atoms with Crippen LogP contribution in [-0.4, -0.2) is 4.98 Å². The van der Waals surface area contributed by atoms with Crippen molar-refractivity contribution in [2.45, 2.75) is 0 Å². The third kappa shape index (κ3) is 2.57. The zero-order valence-corrected chi connectivity index (χ0v) is 10.6. The molecule has 0 aliphatic carbocycles. The van der Waals surface area contributed by atoms with E-state index in [1.165, 1.54) is 12.1 Å². The van der Waals surface area contributed by atoms with Gasteiger partial charge in [0.15, 0.2) is 0 Å². The smallest absolute Gasteiger partial charge is 0.126 e. The maximum Gasteiger partial charge on any atom is 0.126 e. The fourth-order valence-electron chi connectivity index (χ4n) is 2.07. The number of hydrogen-bond donors (Lipinski definition) is 0. The zero-order chi connectivity index (χ0) is 13.9. The summed E-state index contributed by atoms with van der Waals surface area (Å²) in [5.41, 5.74) is 2.99. The number of pyridine rings is 1. The number of benzene rings is 2. The maximum atomic E-state index is 13.2. The maximum absolute atomic E-state index is 13.2. The van der Waals surface area contributed by atoms with Gasteiger partial charge in [-0.1, -0.05) is 36.4 Å². The first kappa shape index (κ1) is 12.5. The topological polar surface area (TPSA) is 12.9 Å². The van der Waals surface area contributed by atoms with Gasteiger partial charge < -0.3 is 0 Å². The molecule has 20 heavy (non-hydrogen) atoms. The molecule has 0 atom stereocenters. The predicted octanol–water partition coefficient (Wildman–Crippen LogP) is 4.69. The number of nitrogens with zero attached hydrogens (tertiary/aromatic N) is 1. The Morgan fingerprint density at radius 2 is 1.35 bits per heavy atom. The first-order valence-electron chi connectivity index (χ1n) is 6.20. The van der Waals surface area contributed by atoms with Crippen molar-refractivity contribution < 1.29 is 8.78 Å². The van der Waals surface area contributed by atoms with E-state index in [9.17, 15) is 8.78 Å². The van der Waals surface area contributed by atoms with Crippen molar-refractivity contribution in [3.8, 4) is 22.4 Å². The number of aromatic nitrogens is 1. The molecule has 0 aliphatic heterocycles. The predicted molar refractivity (Wildman–Crippen MR) is 75.0 cm³/mol. The lowest BCUT2D eigenvalue weighted by atomic mass is 10.1. The summed E-state index contributed by atoms with van der Waals surface area (Å²) < 4.78 is 26.4. The third-order valence-electron chi connectivity index (χ3n) is 3.03. The van der Waals surface area contributed by atoms with Crippen molar-refractivity contribution in [1.29, 1.82) is 0 Å². The fraction of sp³-hybridized carbons (Fsp3) is 0. The molecule has 3 rings (SSSR count). The van der Waals surface area contributed by atoms with Gasteiger partial charge in [0.2, 0.25) is 0 Å². The van der Waals surface area contributed by atoms with E-state index in [4.69, 9.17) is 0 Å². The molecule has 0 unspecified atom stereocenters. The van der Waals surface area contributed by atoms with Crippen LogP contribution in [0, 0.1) is 11.6 Å². The van der Waals surface area contributed by atoms with E-state index in [0.29, 0.717) is 11.3 Å². The van der Waals surface area contributed by atoms with Crippen LogP contribution in [0.2, 0.25) is 0 Å². The van der Waals surface area contributed by atoms with Gasteiger partial charge in [-0.2, -0.15) is 0 Å². The molecule has 0 saturated carbocycles. The van der Waals surface area contributed by atoms with Crippen molar-refractivity contribution >= 4 is 0 Å². The molecular formula is C17H11F2N. The van der Waals surface area contributed by atoms with Crippen LogP contribution in [0.5, 0.6) is 0 Å². The van der Waals surface area contributed by atoms with Gasteiger partial charge in [0.25, 0.3) is 0 Å². The first-order valence-corrected chi connectivity index (χ1v) is 6.20. The van der Waals surface area contributed by atoms with Gasteiger partial charge >= 0.3 is 0 Å². The van der Waals surface area contributed by atoms with Gasteiger partial charge in [0, 0.05) is 23.4 Å². The van der Waals surface area contributed by atoms with Crippen LogP contribution in [0.1, 0.15) is 0 Å². The van der Waals surface area contributed by atoms with Gasteiger partial charge in [-0.25, -0.2) is 8.78 Å². The highest BCUT2D eigenvalue weighted by Crippen LogP contribution is 2.23. The molecular weight excluding hydrogens is 256 g/mol. The van der Waals surface area contributed by atoms with Gasteiger partial charge in [-0.3, -0.25) is 4.98 Å². The Labute approximate surface area is 115 Å². The summed E-state index contributed by atoms with van der Waals surface area (Å²) in [6.45, 7) is 0. The minimum Gasteiger partial charge on any atom is -0.256 e. The molecule has 0 spiro atoms. The Hall–Kier alpha value is -2.55. The summed E-state index contributed by atoms with van der Waals surface area (Å²) in [5.74, 6) is -1.21. The van der Waals surface area contributed by atoms with Gasteiger partial charge in [-0.05, 0) is 23.8 Å². The molecule has 2 aromatic carbocycles. The number of hydrogen-bond acceptors (Lipinski definition) is 1. The second-order valence-corrected chi connectivity index (χ2v) is 4.46. The van der Waals surface area contributed by atoms with Crippen LogP contribution in [0.3, 0.4) is 0 Å². The molecule has 0 bridgehead atoms. The Bertz CT molecular complexity index is 701. The SMILES string of the molecule is Fc1cc(F)cc(-c2ccc(-c3ccccc3)cn2)c1. The Morgan fingerprint density at radius 3 is 1.95 bits per heavy atom. The van der Waals surface area contributed by atoms with Gasteiger partial charge in [0.05, 0.1) is 5.69 Å². The summed E-state index contributed by atoms with van der Waals surface area (Å²) in [4.78, 5) is 4.27. The molecule has 3 aromatic rings. The van der Waals surface area contributed by atoms with Crippen molar-refractivity contribution in [3.63, 3.8) is 0 Å². The molecule has 0 radical (unpaired) electrons. The molecule has 0 amide bonds. The van der Waals surface area contributed by atoms with E-state index in [1.54, 1.807) is 12.3 Å². The average molecular weight is 267 g/mol. The fourth-order valence-corrected chi connectivity index (χ4v) is 2.07. The van der Waals surface area contributed by atoms with E-state index in [2.05, 4.69) is 4.98 Å². The summed E-state index contributed by atoms with van der Waals surface area (Å²) in [5, 5.41) is 0. The highest BCUT2D eigenvalue weighted by molar-refractivity contribution is 5.66. The Kier molecular flexibility index (Phi) is 3.25. The summed E-state index contributed by atoms with van der Waals surface area (Å²) in [6, 6.07) is 16.9. The summed E-state index contributed by atoms with van der Waals surface area (Å²) >= 11 is 0. The third-order valence-corrected chi connectivity index (χ3v) is 3.03. The van der Waals surface area contributed by atoms with Crippen LogP contribution in [0.15, 0.2) is 66.9 Å². The van der Waals surface area contributed by atoms with Crippen molar-refractivity contribution in [1.82, 2.24) is 4.98 Å². The largest absolute Gasteiger partial charge is 0.256 e. The number of rotatable bonds is 2. The molecule has 0 saturated heterocycles. The second-order valence-electron chi connectivity index (χ2n) is 4.46. The Morgan fingerprint density at radius 1 is 0.650 bits per heavy atom. The van der Waals surface area contributed by atoms with Crippen LogP contribution in [-0.2, 0) is 0 Å². The lowest BCUT2D eigenvalue weighted by Crippen LogP contribution is -1.88. The van der Waals surface area contributed by atoms with E-state index >= 15 is 0 Å². The van der Waals surface area contributed by atoms with Crippen LogP contribution in [0.25, 0.3) is 22.4 Å². The van der Waals surface area contributed by atoms with E-state index in [1.807, 2.05) is 36.4 Å². The summed E-state index contributed by atoms with van der Waals surface area (Å²) in [7, 11) is 0. The monoisotopic (exact) mass is 267 g/mol. The second kappa shape index (κ2) is 5.21. The van der Waals surface area contributed by atoms with Gasteiger partial charge in [-0.15, -0.1) is 0 Å². The normalized spacial score (nSPS) is 10.5. The highest BCUT2D eigenvalue weighted by Gasteiger charge is 2.05. The molecule has 3 heteroatoms. The van der Waals surface area contributed by atoms with Crippen LogP contribution < -0.4 is 0 Å². The standard InChI is InChI=1S/C17H11F2N/c18-15-8-14(9-16(19)10-15)17-7-6-13(11-20-17)12-4-2-1-3-5-12/h1-11H. The number of halogens is 2. The highest BCUT2D eigenvalue weighted by atomic mass is 19.1. The quantitative estimate of drug-likeness (QED) is 0.656. The molecule has 0 aliphatic rings. The lowest BCUT2D eigenvalue weighted by Gasteiger charge is -2.04. The zero-order valence-electron chi connectivity index (χ0n) is 10.6. The van der Waals surface area contributed by atoms with Crippen molar-refractivity contribution in [3.05, 3.63) is 78.5 Å². The molecule has 98 valence electrons. The molecule has 0 fully saturated rings.